The third kappa shape index (κ3) is 5.10. The average molecular weight is 356 g/mol. The molecular formula is C21H33N5. The van der Waals surface area contributed by atoms with E-state index in [1.807, 2.05) is 11.7 Å². The lowest BCUT2D eigenvalue weighted by Gasteiger charge is -2.22. The maximum absolute atomic E-state index is 4.82. The van der Waals surface area contributed by atoms with Crippen LogP contribution in [0.5, 0.6) is 0 Å². The highest BCUT2D eigenvalue weighted by Crippen LogP contribution is 2.13. The Kier molecular flexibility index (Phi) is 7.25. The topological polar surface area (TPSA) is 45.5 Å². The van der Waals surface area contributed by atoms with Crippen molar-refractivity contribution in [3.63, 3.8) is 0 Å². The van der Waals surface area contributed by atoms with E-state index in [9.17, 15) is 0 Å². The normalized spacial score (nSPS) is 11.7. The predicted octanol–water partition coefficient (Wildman–Crippen LogP) is 3.24. The molecule has 1 heterocycles. The number of nitrogens with zero attached hydrogens (tertiary/aromatic N) is 4. The van der Waals surface area contributed by atoms with Gasteiger partial charge in [0.05, 0.1) is 5.69 Å². The minimum Gasteiger partial charge on any atom is -0.357 e. The maximum atomic E-state index is 4.82. The molecule has 0 amide bonds. The van der Waals surface area contributed by atoms with Crippen LogP contribution in [0.2, 0.25) is 0 Å². The van der Waals surface area contributed by atoms with Crippen LogP contribution in [0.1, 0.15) is 41.9 Å². The van der Waals surface area contributed by atoms with E-state index in [1.165, 1.54) is 22.4 Å². The van der Waals surface area contributed by atoms with Gasteiger partial charge in [-0.05, 0) is 50.3 Å². The second-order valence-corrected chi connectivity index (χ2v) is 6.78. The van der Waals surface area contributed by atoms with E-state index in [2.05, 4.69) is 74.3 Å². The van der Waals surface area contributed by atoms with Crippen LogP contribution in [0.15, 0.2) is 29.3 Å². The molecule has 0 fully saturated rings. The third-order valence-corrected chi connectivity index (χ3v) is 4.83. The molecule has 0 atom stereocenters. The van der Waals surface area contributed by atoms with E-state index >= 15 is 0 Å². The van der Waals surface area contributed by atoms with Crippen LogP contribution in [-0.2, 0) is 26.4 Å². The molecule has 1 N–H and O–H groups in total. The molecule has 0 aliphatic carbocycles. The summed E-state index contributed by atoms with van der Waals surface area (Å²) in [6, 6.07) is 8.84. The van der Waals surface area contributed by atoms with E-state index in [0.717, 1.165) is 44.1 Å². The summed E-state index contributed by atoms with van der Waals surface area (Å²) in [6.45, 7) is 11.0. The van der Waals surface area contributed by atoms with E-state index in [4.69, 9.17) is 4.99 Å². The van der Waals surface area contributed by atoms with E-state index < -0.39 is 0 Å². The molecule has 0 bridgehead atoms. The Labute approximate surface area is 158 Å². The number of benzene rings is 1. The molecule has 0 radical (unpaired) electrons. The summed E-state index contributed by atoms with van der Waals surface area (Å²) < 4.78 is 1.95. The minimum atomic E-state index is 0.759. The first-order valence-electron chi connectivity index (χ1n) is 9.52. The molecule has 0 aliphatic heterocycles. The highest BCUT2D eigenvalue weighted by Gasteiger charge is 2.10. The van der Waals surface area contributed by atoms with Gasteiger partial charge in [-0.1, -0.05) is 31.2 Å². The standard InChI is InChI=1S/C21H33N5/c1-7-18-9-11-19(12-10-18)15-25(5)21(22-8-2)23-14-13-20-16(3)24-26(6)17(20)4/h9-12H,7-8,13-15H2,1-6H3,(H,22,23). The zero-order valence-electron chi connectivity index (χ0n) is 17.1. The van der Waals surface area contributed by atoms with E-state index in [1.54, 1.807) is 0 Å². The SMILES string of the molecule is CCNC(=NCCc1c(C)nn(C)c1C)N(C)Cc1ccc(CC)cc1. The third-order valence-electron chi connectivity index (χ3n) is 4.83. The number of guanidine groups is 1. The van der Waals surface area contributed by atoms with Gasteiger partial charge >= 0.3 is 0 Å². The molecule has 1 aromatic carbocycles. The van der Waals surface area contributed by atoms with Crippen LogP contribution in [0.4, 0.5) is 0 Å². The van der Waals surface area contributed by atoms with Crippen LogP contribution in [0.25, 0.3) is 0 Å². The molecule has 0 spiro atoms. The van der Waals surface area contributed by atoms with Gasteiger partial charge in [-0.3, -0.25) is 9.67 Å². The Bertz CT molecular complexity index is 728. The zero-order chi connectivity index (χ0) is 19.1. The van der Waals surface area contributed by atoms with Crippen LogP contribution in [0, 0.1) is 13.8 Å². The Morgan fingerprint density at radius 2 is 1.81 bits per heavy atom. The summed E-state index contributed by atoms with van der Waals surface area (Å²) in [4.78, 5) is 7.01. The number of aryl methyl sites for hydroxylation is 3. The molecule has 26 heavy (non-hydrogen) atoms. The van der Waals surface area contributed by atoms with Crippen molar-refractivity contribution in [2.24, 2.45) is 12.0 Å². The molecule has 1 aromatic heterocycles. The number of aliphatic imine (C=N–C) groups is 1. The fourth-order valence-electron chi connectivity index (χ4n) is 3.15. The van der Waals surface area contributed by atoms with Crippen molar-refractivity contribution in [3.8, 4) is 0 Å². The van der Waals surface area contributed by atoms with Crippen molar-refractivity contribution >= 4 is 5.96 Å². The highest BCUT2D eigenvalue weighted by molar-refractivity contribution is 5.79. The first-order valence-corrected chi connectivity index (χ1v) is 9.52. The fourth-order valence-corrected chi connectivity index (χ4v) is 3.15. The Morgan fingerprint density at radius 3 is 2.35 bits per heavy atom. The van der Waals surface area contributed by atoms with Gasteiger partial charge in [0.2, 0.25) is 0 Å². The van der Waals surface area contributed by atoms with Crippen molar-refractivity contribution in [2.75, 3.05) is 20.1 Å². The molecule has 5 nitrogen and oxygen atoms in total. The quantitative estimate of drug-likeness (QED) is 0.613. The zero-order valence-corrected chi connectivity index (χ0v) is 17.1. The number of rotatable bonds is 7. The molecule has 0 unspecified atom stereocenters. The second-order valence-electron chi connectivity index (χ2n) is 6.78. The first kappa shape index (κ1) is 20.0. The van der Waals surface area contributed by atoms with Crippen molar-refractivity contribution < 1.29 is 0 Å². The molecule has 0 aliphatic rings. The Hall–Kier alpha value is -2.30. The Balaban J connectivity index is 2.02. The van der Waals surface area contributed by atoms with Gasteiger partial charge in [0.25, 0.3) is 0 Å². The van der Waals surface area contributed by atoms with Gasteiger partial charge in [-0.2, -0.15) is 5.10 Å². The smallest absolute Gasteiger partial charge is 0.193 e. The van der Waals surface area contributed by atoms with Crippen LogP contribution < -0.4 is 5.32 Å². The molecule has 0 saturated carbocycles. The van der Waals surface area contributed by atoms with Crippen molar-refractivity contribution in [2.45, 2.75) is 47.1 Å². The van der Waals surface area contributed by atoms with Gasteiger partial charge < -0.3 is 10.2 Å². The lowest BCUT2D eigenvalue weighted by Crippen LogP contribution is -2.38. The summed E-state index contributed by atoms with van der Waals surface area (Å²) in [6.07, 6.45) is 1.99. The number of aromatic nitrogens is 2. The van der Waals surface area contributed by atoms with Gasteiger partial charge in [-0.15, -0.1) is 0 Å². The average Bonchev–Trinajstić information content (AvgIpc) is 2.87. The predicted molar refractivity (Wildman–Crippen MR) is 110 cm³/mol. The number of hydrogen-bond donors (Lipinski definition) is 1. The summed E-state index contributed by atoms with van der Waals surface area (Å²) in [5.74, 6) is 0.950. The molecule has 2 rings (SSSR count). The largest absolute Gasteiger partial charge is 0.357 e. The number of nitrogens with one attached hydrogen (secondary N) is 1. The molecule has 5 heteroatoms. The molecule has 0 saturated heterocycles. The lowest BCUT2D eigenvalue weighted by molar-refractivity contribution is 0.477. The number of hydrogen-bond acceptors (Lipinski definition) is 2. The Morgan fingerprint density at radius 1 is 1.15 bits per heavy atom. The van der Waals surface area contributed by atoms with Gasteiger partial charge in [0.1, 0.15) is 0 Å². The summed E-state index contributed by atoms with van der Waals surface area (Å²) >= 11 is 0. The van der Waals surface area contributed by atoms with Crippen LogP contribution >= 0.6 is 0 Å². The maximum Gasteiger partial charge on any atom is 0.193 e. The van der Waals surface area contributed by atoms with Crippen molar-refractivity contribution in [3.05, 3.63) is 52.3 Å². The van der Waals surface area contributed by atoms with Gasteiger partial charge in [0, 0.05) is 39.4 Å². The van der Waals surface area contributed by atoms with Crippen molar-refractivity contribution in [1.82, 2.24) is 20.0 Å². The second kappa shape index (κ2) is 9.41. The highest BCUT2D eigenvalue weighted by atomic mass is 15.3. The van der Waals surface area contributed by atoms with E-state index in [0.29, 0.717) is 0 Å². The fraction of sp³-hybridized carbons (Fsp3) is 0.524. The van der Waals surface area contributed by atoms with Crippen LogP contribution in [-0.4, -0.2) is 40.8 Å². The summed E-state index contributed by atoms with van der Waals surface area (Å²) in [5, 5.41) is 7.89. The molecular weight excluding hydrogens is 322 g/mol. The van der Waals surface area contributed by atoms with Gasteiger partial charge in [0.15, 0.2) is 5.96 Å². The monoisotopic (exact) mass is 355 g/mol. The van der Waals surface area contributed by atoms with E-state index in [-0.39, 0.29) is 0 Å². The summed E-state index contributed by atoms with van der Waals surface area (Å²) in [7, 11) is 4.09. The lowest BCUT2D eigenvalue weighted by atomic mass is 10.1. The summed E-state index contributed by atoms with van der Waals surface area (Å²) in [5.41, 5.74) is 6.32. The van der Waals surface area contributed by atoms with Crippen molar-refractivity contribution in [1.29, 1.82) is 0 Å². The first-order chi connectivity index (χ1) is 12.5. The molecule has 142 valence electrons. The minimum absolute atomic E-state index is 0.759. The molecule has 2 aromatic rings. The van der Waals surface area contributed by atoms with Crippen LogP contribution in [0.3, 0.4) is 0 Å². The van der Waals surface area contributed by atoms with Gasteiger partial charge in [-0.25, -0.2) is 0 Å².